The molecule has 3 rings (SSSR count). The van der Waals surface area contributed by atoms with Gasteiger partial charge in [0.2, 0.25) is 11.8 Å². The number of carbonyl (C=O) groups excluding carboxylic acids is 2. The Labute approximate surface area is 256 Å². The summed E-state index contributed by atoms with van der Waals surface area (Å²) in [5.74, 6) is -1.04. The van der Waals surface area contributed by atoms with Crippen LogP contribution in [0, 0.1) is 17.0 Å². The fourth-order valence-electron chi connectivity index (χ4n) is 4.28. The summed E-state index contributed by atoms with van der Waals surface area (Å²) in [6, 6.07) is 15.7. The highest BCUT2D eigenvalue weighted by atomic mass is 35.5. The summed E-state index contributed by atoms with van der Waals surface area (Å²) in [6.45, 7) is 7.71. The van der Waals surface area contributed by atoms with Gasteiger partial charge in [-0.2, -0.15) is 0 Å². The van der Waals surface area contributed by atoms with Crippen molar-refractivity contribution in [2.45, 2.75) is 57.6 Å². The first kappa shape index (κ1) is 33.3. The van der Waals surface area contributed by atoms with Crippen LogP contribution in [0.1, 0.15) is 38.8 Å². The molecule has 0 aliphatic rings. The maximum Gasteiger partial charge on any atom is 0.273 e. The number of methoxy groups -OCH3 is 1. The molecule has 0 fully saturated rings. The monoisotopic (exact) mass is 630 g/mol. The maximum atomic E-state index is 14.2. The first-order valence-corrected chi connectivity index (χ1v) is 15.1. The van der Waals surface area contributed by atoms with Crippen molar-refractivity contribution in [3.05, 3.63) is 93.0 Å². The molecule has 43 heavy (non-hydrogen) atoms. The summed E-state index contributed by atoms with van der Waals surface area (Å²) in [7, 11) is -3.28. The third kappa shape index (κ3) is 8.23. The van der Waals surface area contributed by atoms with E-state index in [1.807, 2.05) is 26.8 Å². The Morgan fingerprint density at radius 2 is 1.72 bits per heavy atom. The normalized spacial score (nSPS) is 12.3. The Hall–Kier alpha value is -4.16. The molecule has 1 N–H and O–H groups in total. The molecule has 11 nitrogen and oxygen atoms in total. The average Bonchev–Trinajstić information content (AvgIpc) is 2.93. The highest BCUT2D eigenvalue weighted by Gasteiger charge is 2.35. The van der Waals surface area contributed by atoms with E-state index in [1.165, 1.54) is 49.3 Å². The number of anilines is 1. The number of amides is 2. The van der Waals surface area contributed by atoms with Crippen molar-refractivity contribution >= 4 is 44.8 Å². The number of hydrogen-bond donors (Lipinski definition) is 1. The number of ether oxygens (including phenoxy) is 1. The first-order valence-electron chi connectivity index (χ1n) is 13.3. The predicted molar refractivity (Wildman–Crippen MR) is 165 cm³/mol. The third-order valence-corrected chi connectivity index (χ3v) is 8.51. The molecule has 0 bridgehead atoms. The fourth-order valence-corrected chi connectivity index (χ4v) is 5.89. The quantitative estimate of drug-likeness (QED) is 0.230. The van der Waals surface area contributed by atoms with Crippen LogP contribution in [0.3, 0.4) is 0 Å². The number of nitrogens with one attached hydrogen (secondary N) is 1. The van der Waals surface area contributed by atoms with Crippen LogP contribution in [-0.4, -0.2) is 55.3 Å². The van der Waals surface area contributed by atoms with Gasteiger partial charge in [0.1, 0.15) is 18.3 Å². The number of carbonyl (C=O) groups is 2. The first-order chi connectivity index (χ1) is 20.0. The van der Waals surface area contributed by atoms with Gasteiger partial charge in [-0.15, -0.1) is 0 Å². The lowest BCUT2D eigenvalue weighted by Gasteiger charge is -2.33. The molecule has 0 radical (unpaired) electrons. The molecule has 0 aliphatic carbocycles. The number of halogens is 1. The van der Waals surface area contributed by atoms with Crippen LogP contribution < -0.4 is 14.4 Å². The summed E-state index contributed by atoms with van der Waals surface area (Å²) >= 11 is 6.25. The minimum absolute atomic E-state index is 0.00890. The van der Waals surface area contributed by atoms with Crippen LogP contribution in [0.2, 0.25) is 5.02 Å². The van der Waals surface area contributed by atoms with Crippen molar-refractivity contribution in [2.75, 3.05) is 18.0 Å². The Balaban J connectivity index is 2.16. The van der Waals surface area contributed by atoms with Gasteiger partial charge in [-0.3, -0.25) is 24.0 Å². The largest absolute Gasteiger partial charge is 0.495 e. The van der Waals surface area contributed by atoms with Crippen LogP contribution >= 0.6 is 11.6 Å². The Morgan fingerprint density at radius 3 is 2.30 bits per heavy atom. The second-order valence-corrected chi connectivity index (χ2v) is 13.3. The molecule has 2 amide bonds. The van der Waals surface area contributed by atoms with Crippen LogP contribution in [-0.2, 0) is 26.2 Å². The predicted octanol–water partition coefficient (Wildman–Crippen LogP) is 5.09. The molecule has 0 saturated carbocycles. The lowest BCUT2D eigenvalue weighted by atomic mass is 10.1. The smallest absolute Gasteiger partial charge is 0.273 e. The Kier molecular flexibility index (Phi) is 10.4. The van der Waals surface area contributed by atoms with Gasteiger partial charge in [0, 0.05) is 28.7 Å². The third-order valence-electron chi connectivity index (χ3n) is 6.51. The van der Waals surface area contributed by atoms with Gasteiger partial charge in [0.05, 0.1) is 22.6 Å². The van der Waals surface area contributed by atoms with Crippen molar-refractivity contribution in [1.82, 2.24) is 10.2 Å². The molecule has 0 aliphatic heterocycles. The summed E-state index contributed by atoms with van der Waals surface area (Å²) in [5.41, 5.74) is -0.0623. The highest BCUT2D eigenvalue weighted by Crippen LogP contribution is 2.36. The van der Waals surface area contributed by atoms with Crippen LogP contribution in [0.5, 0.6) is 5.75 Å². The van der Waals surface area contributed by atoms with E-state index >= 15 is 0 Å². The second kappa shape index (κ2) is 13.4. The number of hydrogen-bond acceptors (Lipinski definition) is 7. The number of nitrogens with zero attached hydrogens (tertiary/aromatic N) is 3. The van der Waals surface area contributed by atoms with Gasteiger partial charge >= 0.3 is 0 Å². The topological polar surface area (TPSA) is 139 Å². The average molecular weight is 631 g/mol. The molecule has 0 spiro atoms. The number of sulfonamides is 1. The fraction of sp³-hybridized carbons (Fsp3) is 0.333. The molecule has 13 heteroatoms. The molecular weight excluding hydrogens is 596 g/mol. The minimum Gasteiger partial charge on any atom is -0.495 e. The van der Waals surface area contributed by atoms with Gasteiger partial charge in [-0.1, -0.05) is 48.0 Å². The van der Waals surface area contributed by atoms with Crippen molar-refractivity contribution in [3.8, 4) is 5.75 Å². The molecule has 0 saturated heterocycles. The molecule has 3 aromatic rings. The van der Waals surface area contributed by atoms with Crippen LogP contribution in [0.25, 0.3) is 0 Å². The summed E-state index contributed by atoms with van der Waals surface area (Å²) in [5, 5.41) is 14.7. The van der Waals surface area contributed by atoms with E-state index in [1.54, 1.807) is 31.2 Å². The molecule has 1 atom stereocenters. The summed E-state index contributed by atoms with van der Waals surface area (Å²) < 4.78 is 34.5. The Bertz CT molecular complexity index is 1610. The number of nitro groups is 1. The molecule has 230 valence electrons. The van der Waals surface area contributed by atoms with Gasteiger partial charge in [0.25, 0.3) is 15.7 Å². The van der Waals surface area contributed by atoms with E-state index in [4.69, 9.17) is 16.3 Å². The lowest BCUT2D eigenvalue weighted by molar-refractivity contribution is -0.385. The van der Waals surface area contributed by atoms with E-state index in [-0.39, 0.29) is 28.6 Å². The van der Waals surface area contributed by atoms with Crippen molar-refractivity contribution < 1.29 is 27.7 Å². The van der Waals surface area contributed by atoms with Crippen molar-refractivity contribution in [1.29, 1.82) is 0 Å². The molecule has 1 unspecified atom stereocenters. The number of nitro benzene ring substituents is 1. The zero-order valence-electron chi connectivity index (χ0n) is 24.8. The molecule has 3 aromatic carbocycles. The minimum atomic E-state index is -4.61. The van der Waals surface area contributed by atoms with Crippen molar-refractivity contribution in [3.63, 3.8) is 0 Å². The lowest BCUT2D eigenvalue weighted by Crippen LogP contribution is -2.54. The number of aryl methyl sites for hydroxylation is 1. The summed E-state index contributed by atoms with van der Waals surface area (Å²) in [4.78, 5) is 39.1. The molecule has 0 heterocycles. The van der Waals surface area contributed by atoms with Gasteiger partial charge < -0.3 is 15.0 Å². The SMILES string of the molecule is COc1ccc(Cl)cc1N(CC(=O)N(Cc1ccccc1)C(C)C(=O)NC(C)(C)C)S(=O)(=O)c1ccc(C)c([N+](=O)[O-])c1. The Morgan fingerprint density at radius 1 is 1.07 bits per heavy atom. The molecule has 0 aromatic heterocycles. The standard InChI is InChI=1S/C30H35ClN4O7S/c1-20-12-14-24(17-25(20)35(38)39)43(40,41)34(26-16-23(31)13-15-27(26)42-6)19-28(36)33(18-22-10-8-7-9-11-22)21(2)29(37)32-30(3,4)5/h7-17,21H,18-19H2,1-6H3,(H,32,37). The van der Waals surface area contributed by atoms with Crippen LogP contribution in [0.4, 0.5) is 11.4 Å². The van der Waals surface area contributed by atoms with E-state index in [0.717, 1.165) is 15.9 Å². The zero-order valence-corrected chi connectivity index (χ0v) is 26.4. The van der Waals surface area contributed by atoms with E-state index in [9.17, 15) is 28.1 Å². The number of benzene rings is 3. The zero-order chi connectivity index (χ0) is 32.1. The van der Waals surface area contributed by atoms with Gasteiger partial charge in [-0.05, 0) is 64.4 Å². The number of rotatable bonds is 11. The second-order valence-electron chi connectivity index (χ2n) is 11.0. The van der Waals surface area contributed by atoms with Gasteiger partial charge in [-0.25, -0.2) is 8.42 Å². The highest BCUT2D eigenvalue weighted by molar-refractivity contribution is 7.92. The maximum absolute atomic E-state index is 14.2. The van der Waals surface area contributed by atoms with E-state index in [0.29, 0.717) is 0 Å². The van der Waals surface area contributed by atoms with Gasteiger partial charge in [0.15, 0.2) is 0 Å². The van der Waals surface area contributed by atoms with E-state index in [2.05, 4.69) is 5.32 Å². The summed E-state index contributed by atoms with van der Waals surface area (Å²) in [6.07, 6.45) is 0. The van der Waals surface area contributed by atoms with Crippen LogP contribution in [0.15, 0.2) is 71.6 Å². The van der Waals surface area contributed by atoms with E-state index < -0.39 is 55.5 Å². The molecular formula is C30H35ClN4O7S. The van der Waals surface area contributed by atoms with Crippen molar-refractivity contribution in [2.24, 2.45) is 0 Å².